The lowest BCUT2D eigenvalue weighted by Gasteiger charge is -2.07. The third kappa shape index (κ3) is 2.50. The van der Waals surface area contributed by atoms with Crippen LogP contribution in [-0.2, 0) is 13.0 Å². The van der Waals surface area contributed by atoms with Gasteiger partial charge in [0.25, 0.3) is 0 Å². The third-order valence-corrected chi connectivity index (χ3v) is 4.71. The molecular weight excluding hydrogens is 256 g/mol. The molecule has 0 saturated heterocycles. The van der Waals surface area contributed by atoms with Crippen molar-refractivity contribution in [2.75, 3.05) is 0 Å². The lowest BCUT2D eigenvalue weighted by molar-refractivity contribution is 0.0973. The Hall–Kier alpha value is -1.42. The number of nitrogens with zero attached hydrogens (tertiary/aromatic N) is 2. The molecule has 19 heavy (non-hydrogen) atoms. The molecule has 100 valence electrons. The van der Waals surface area contributed by atoms with E-state index in [1.807, 2.05) is 6.20 Å². The summed E-state index contributed by atoms with van der Waals surface area (Å²) in [7, 11) is 0. The summed E-state index contributed by atoms with van der Waals surface area (Å²) in [5, 5.41) is 3.30. The van der Waals surface area contributed by atoms with Gasteiger partial charge in [-0.3, -0.25) is 4.79 Å². The second kappa shape index (κ2) is 4.93. The number of ketones is 1. The number of hydrogen-bond acceptors (Lipinski definition) is 3. The first-order valence-corrected chi connectivity index (χ1v) is 7.67. The van der Waals surface area contributed by atoms with Crippen molar-refractivity contribution in [1.29, 1.82) is 0 Å². The molecule has 0 aliphatic heterocycles. The van der Waals surface area contributed by atoms with Gasteiger partial charge < -0.3 is 4.57 Å². The Morgan fingerprint density at radius 2 is 2.21 bits per heavy atom. The van der Waals surface area contributed by atoms with Crippen LogP contribution in [0.3, 0.4) is 0 Å². The van der Waals surface area contributed by atoms with E-state index < -0.39 is 0 Å². The van der Waals surface area contributed by atoms with Crippen LogP contribution < -0.4 is 0 Å². The van der Waals surface area contributed by atoms with Crippen molar-refractivity contribution in [3.8, 4) is 0 Å². The topological polar surface area (TPSA) is 34.9 Å². The Balaban J connectivity index is 1.81. The Bertz CT molecular complexity index is 609. The molecule has 0 saturated carbocycles. The Kier molecular flexibility index (Phi) is 3.27. The van der Waals surface area contributed by atoms with Crippen LogP contribution in [0.2, 0.25) is 0 Å². The maximum atomic E-state index is 11.8. The van der Waals surface area contributed by atoms with Crippen molar-refractivity contribution >= 4 is 17.1 Å². The van der Waals surface area contributed by atoms with Crippen LogP contribution in [0.5, 0.6) is 0 Å². The molecule has 0 bridgehead atoms. The molecule has 0 N–H and O–H groups in total. The van der Waals surface area contributed by atoms with Crippen LogP contribution in [0, 0.1) is 0 Å². The Morgan fingerprint density at radius 1 is 1.37 bits per heavy atom. The second-order valence-corrected chi connectivity index (χ2v) is 6.37. The summed E-state index contributed by atoms with van der Waals surface area (Å²) in [6, 6.07) is 0. The molecule has 3 rings (SSSR count). The first-order valence-electron chi connectivity index (χ1n) is 6.79. The number of aromatic nitrogens is 2. The minimum atomic E-state index is 0.293. The maximum Gasteiger partial charge on any atom is 0.164 e. The van der Waals surface area contributed by atoms with Gasteiger partial charge in [-0.05, 0) is 18.4 Å². The molecule has 2 aromatic rings. The van der Waals surface area contributed by atoms with Crippen LogP contribution in [-0.4, -0.2) is 15.3 Å². The molecule has 0 unspecified atom stereocenters. The van der Waals surface area contributed by atoms with E-state index in [4.69, 9.17) is 0 Å². The molecule has 0 fully saturated rings. The summed E-state index contributed by atoms with van der Waals surface area (Å²) in [5.74, 6) is 0.777. The molecule has 0 atom stereocenters. The number of Topliss-reactive ketones (excluding diaryl/α,β-unsaturated/α-hetero) is 1. The first kappa shape index (κ1) is 12.6. The van der Waals surface area contributed by atoms with E-state index in [1.54, 1.807) is 11.3 Å². The largest absolute Gasteiger partial charge is 0.347 e. The summed E-state index contributed by atoms with van der Waals surface area (Å²) in [4.78, 5) is 16.5. The zero-order chi connectivity index (χ0) is 13.4. The lowest BCUT2D eigenvalue weighted by Crippen LogP contribution is -2.07. The van der Waals surface area contributed by atoms with E-state index >= 15 is 0 Å². The Labute approximate surface area is 117 Å². The van der Waals surface area contributed by atoms with Gasteiger partial charge in [0.05, 0.1) is 17.2 Å². The van der Waals surface area contributed by atoms with E-state index in [0.717, 1.165) is 30.6 Å². The van der Waals surface area contributed by atoms with Crippen molar-refractivity contribution in [2.24, 2.45) is 0 Å². The van der Waals surface area contributed by atoms with E-state index in [9.17, 15) is 4.79 Å². The zero-order valence-electron chi connectivity index (χ0n) is 11.3. The number of aryl methyl sites for hydroxylation is 1. The summed E-state index contributed by atoms with van der Waals surface area (Å²) < 4.78 is 2.10. The predicted octanol–water partition coefficient (Wildman–Crippen LogP) is 3.64. The molecule has 0 spiro atoms. The summed E-state index contributed by atoms with van der Waals surface area (Å²) in [5.41, 5.74) is 3.22. The summed E-state index contributed by atoms with van der Waals surface area (Å²) in [6.45, 7) is 5.09. The minimum absolute atomic E-state index is 0.293. The number of fused-ring (bicyclic) bond motifs is 1. The fraction of sp³-hybridized carbons (Fsp3) is 0.467. The number of rotatable bonds is 3. The lowest BCUT2D eigenvalue weighted by atomic mass is 9.95. The maximum absolute atomic E-state index is 11.8. The molecular formula is C15H18N2OS. The monoisotopic (exact) mass is 274 g/mol. The molecule has 0 radical (unpaired) electrons. The van der Waals surface area contributed by atoms with Gasteiger partial charge in [0.1, 0.15) is 0 Å². The van der Waals surface area contributed by atoms with Crippen LogP contribution in [0.1, 0.15) is 59.2 Å². The highest BCUT2D eigenvalue weighted by atomic mass is 32.1. The van der Waals surface area contributed by atoms with Gasteiger partial charge in [-0.1, -0.05) is 13.8 Å². The van der Waals surface area contributed by atoms with Crippen molar-refractivity contribution in [2.45, 2.75) is 45.6 Å². The molecule has 3 nitrogen and oxygen atoms in total. The van der Waals surface area contributed by atoms with E-state index in [0.29, 0.717) is 18.1 Å². The van der Waals surface area contributed by atoms with Gasteiger partial charge >= 0.3 is 0 Å². The fourth-order valence-corrected chi connectivity index (χ4v) is 3.35. The fourth-order valence-electron chi connectivity index (χ4n) is 2.52. The summed E-state index contributed by atoms with van der Waals surface area (Å²) >= 11 is 1.72. The predicted molar refractivity (Wildman–Crippen MR) is 77.0 cm³/mol. The van der Waals surface area contributed by atoms with Crippen molar-refractivity contribution in [3.63, 3.8) is 0 Å². The minimum Gasteiger partial charge on any atom is -0.347 e. The van der Waals surface area contributed by atoms with Crippen molar-refractivity contribution in [1.82, 2.24) is 9.55 Å². The molecule has 1 aliphatic carbocycles. The van der Waals surface area contributed by atoms with Crippen molar-refractivity contribution < 1.29 is 4.79 Å². The quantitative estimate of drug-likeness (QED) is 0.856. The Morgan fingerprint density at radius 3 is 2.89 bits per heavy atom. The van der Waals surface area contributed by atoms with Gasteiger partial charge in [-0.25, -0.2) is 4.98 Å². The third-order valence-electron chi connectivity index (χ3n) is 3.52. The van der Waals surface area contributed by atoms with Gasteiger partial charge in [0.2, 0.25) is 0 Å². The van der Waals surface area contributed by atoms with Crippen LogP contribution in [0.25, 0.3) is 0 Å². The van der Waals surface area contributed by atoms with Crippen LogP contribution >= 0.6 is 11.3 Å². The van der Waals surface area contributed by atoms with Gasteiger partial charge in [-0.2, -0.15) is 0 Å². The van der Waals surface area contributed by atoms with Gasteiger partial charge in [0, 0.05) is 35.7 Å². The smallest absolute Gasteiger partial charge is 0.164 e. The molecule has 1 aliphatic rings. The molecule has 2 heterocycles. The SMILES string of the molecule is CC(C)c1nc(Cn2cc3c(c2)C(=O)CCC3)cs1. The first-order chi connectivity index (χ1) is 9.13. The summed E-state index contributed by atoms with van der Waals surface area (Å²) in [6.07, 6.45) is 6.82. The molecule has 0 amide bonds. The zero-order valence-corrected chi connectivity index (χ0v) is 12.2. The van der Waals surface area contributed by atoms with E-state index in [1.165, 1.54) is 10.6 Å². The molecule has 2 aromatic heterocycles. The van der Waals surface area contributed by atoms with Crippen LogP contribution in [0.4, 0.5) is 0 Å². The average molecular weight is 274 g/mol. The highest BCUT2D eigenvalue weighted by Crippen LogP contribution is 2.24. The number of carbonyl (C=O) groups is 1. The van der Waals surface area contributed by atoms with Gasteiger partial charge in [-0.15, -0.1) is 11.3 Å². The van der Waals surface area contributed by atoms with E-state index in [2.05, 4.69) is 35.0 Å². The highest BCUT2D eigenvalue weighted by Gasteiger charge is 2.19. The molecule has 0 aromatic carbocycles. The van der Waals surface area contributed by atoms with Gasteiger partial charge in [0.15, 0.2) is 5.78 Å². The number of hydrogen-bond donors (Lipinski definition) is 0. The molecule has 4 heteroatoms. The highest BCUT2D eigenvalue weighted by molar-refractivity contribution is 7.09. The number of carbonyl (C=O) groups excluding carboxylic acids is 1. The standard InChI is InChI=1S/C15H18N2OS/c1-10(2)15-16-12(9-19-15)7-17-6-11-4-3-5-14(18)13(11)8-17/h6,8-10H,3-5,7H2,1-2H3. The number of thiazole rings is 1. The normalized spacial score (nSPS) is 15.0. The van der Waals surface area contributed by atoms with Crippen molar-refractivity contribution in [3.05, 3.63) is 39.6 Å². The second-order valence-electron chi connectivity index (χ2n) is 5.48. The van der Waals surface area contributed by atoms with Crippen LogP contribution in [0.15, 0.2) is 17.8 Å². The van der Waals surface area contributed by atoms with E-state index in [-0.39, 0.29) is 0 Å². The average Bonchev–Trinajstić information content (AvgIpc) is 2.96.